The van der Waals surface area contributed by atoms with Crippen molar-refractivity contribution in [2.45, 2.75) is 37.6 Å². The summed E-state index contributed by atoms with van der Waals surface area (Å²) in [6.45, 7) is 0.880. The van der Waals surface area contributed by atoms with Gasteiger partial charge in [0.25, 0.3) is 0 Å². The fourth-order valence-electron chi connectivity index (χ4n) is 2.95. The molecule has 1 unspecified atom stereocenters. The lowest BCUT2D eigenvalue weighted by Gasteiger charge is -2.24. The van der Waals surface area contributed by atoms with Gasteiger partial charge in [-0.3, -0.25) is 0 Å². The highest BCUT2D eigenvalue weighted by Gasteiger charge is 2.29. The summed E-state index contributed by atoms with van der Waals surface area (Å²) < 4.78 is 15.0. The van der Waals surface area contributed by atoms with Gasteiger partial charge in [-0.25, -0.2) is 9.07 Å². The molecule has 1 fully saturated rings. The number of anilines is 1. The lowest BCUT2D eigenvalue weighted by molar-refractivity contribution is 0.393. The van der Waals surface area contributed by atoms with Crippen molar-refractivity contribution in [1.82, 2.24) is 14.8 Å². The van der Waals surface area contributed by atoms with Crippen molar-refractivity contribution >= 4 is 5.95 Å². The van der Waals surface area contributed by atoms with Gasteiger partial charge in [0.05, 0.1) is 6.04 Å². The van der Waals surface area contributed by atoms with E-state index in [-0.39, 0.29) is 11.9 Å². The fraction of sp³-hybridized carbons (Fsp3) is 0.467. The maximum atomic E-state index is 13.1. The van der Waals surface area contributed by atoms with E-state index in [0.717, 1.165) is 30.3 Å². The molecule has 104 valence electrons. The molecule has 4 rings (SSSR count). The van der Waals surface area contributed by atoms with Crippen LogP contribution in [0.4, 0.5) is 10.3 Å². The van der Waals surface area contributed by atoms with Gasteiger partial charge in [-0.2, -0.15) is 10.1 Å². The van der Waals surface area contributed by atoms with Crippen molar-refractivity contribution in [3.05, 3.63) is 41.5 Å². The monoisotopic (exact) mass is 272 g/mol. The number of benzene rings is 1. The van der Waals surface area contributed by atoms with Crippen molar-refractivity contribution in [2.24, 2.45) is 0 Å². The first-order chi connectivity index (χ1) is 9.81. The topological polar surface area (TPSA) is 42.7 Å². The molecular formula is C15H17FN4. The molecule has 1 aromatic carbocycles. The van der Waals surface area contributed by atoms with Crippen LogP contribution in [0.5, 0.6) is 0 Å². The van der Waals surface area contributed by atoms with E-state index in [4.69, 9.17) is 5.10 Å². The molecule has 1 aliphatic heterocycles. The lowest BCUT2D eigenvalue weighted by atomic mass is 9.85. The van der Waals surface area contributed by atoms with Gasteiger partial charge in [0.2, 0.25) is 5.95 Å². The van der Waals surface area contributed by atoms with Crippen LogP contribution >= 0.6 is 0 Å². The Morgan fingerprint density at radius 2 is 1.95 bits per heavy atom. The van der Waals surface area contributed by atoms with Crippen LogP contribution in [0.1, 0.15) is 49.0 Å². The van der Waals surface area contributed by atoms with E-state index >= 15 is 0 Å². The third-order valence-corrected chi connectivity index (χ3v) is 4.37. The molecule has 0 saturated heterocycles. The Balaban J connectivity index is 1.70. The number of hydrogen-bond donors (Lipinski definition) is 1. The summed E-state index contributed by atoms with van der Waals surface area (Å²) in [4.78, 5) is 4.63. The molecule has 2 heterocycles. The summed E-state index contributed by atoms with van der Waals surface area (Å²) in [5, 5.41) is 8.01. The van der Waals surface area contributed by atoms with Crippen molar-refractivity contribution in [2.75, 3.05) is 11.9 Å². The Labute approximate surface area is 117 Å². The Hall–Kier alpha value is -1.91. The fourth-order valence-corrected chi connectivity index (χ4v) is 2.95. The van der Waals surface area contributed by atoms with Gasteiger partial charge in [-0.05, 0) is 37.0 Å². The molecule has 0 bridgehead atoms. The Kier molecular flexibility index (Phi) is 2.72. The number of nitrogens with zero attached hydrogens (tertiary/aromatic N) is 3. The summed E-state index contributed by atoms with van der Waals surface area (Å²) in [5.74, 6) is 2.15. The van der Waals surface area contributed by atoms with E-state index in [1.54, 1.807) is 0 Å². The normalized spacial score (nSPS) is 21.9. The molecule has 2 aliphatic rings. The van der Waals surface area contributed by atoms with Crippen molar-refractivity contribution in [3.8, 4) is 0 Å². The first-order valence-electron chi connectivity index (χ1n) is 7.27. The second kappa shape index (κ2) is 4.58. The molecule has 2 aromatic rings. The smallest absolute Gasteiger partial charge is 0.221 e. The maximum Gasteiger partial charge on any atom is 0.221 e. The Bertz CT molecular complexity index is 615. The molecule has 1 saturated carbocycles. The number of rotatable bonds is 2. The van der Waals surface area contributed by atoms with Crippen LogP contribution in [0, 0.1) is 5.82 Å². The number of halogens is 1. The van der Waals surface area contributed by atoms with Gasteiger partial charge >= 0.3 is 0 Å². The van der Waals surface area contributed by atoms with Crippen LogP contribution in [0.25, 0.3) is 0 Å². The molecule has 1 atom stereocenters. The van der Waals surface area contributed by atoms with Crippen molar-refractivity contribution < 1.29 is 4.39 Å². The second-order valence-electron chi connectivity index (χ2n) is 5.65. The molecule has 1 aliphatic carbocycles. The Morgan fingerprint density at radius 1 is 1.15 bits per heavy atom. The quantitative estimate of drug-likeness (QED) is 0.913. The molecule has 20 heavy (non-hydrogen) atoms. The van der Waals surface area contributed by atoms with E-state index in [1.807, 2.05) is 16.8 Å². The van der Waals surface area contributed by atoms with Crippen LogP contribution in [0.15, 0.2) is 24.3 Å². The zero-order chi connectivity index (χ0) is 13.5. The standard InChI is InChI=1S/C15H17FN4/c16-12-6-4-10(5-7-12)13-8-9-17-15-18-14(19-20(13)15)11-2-1-3-11/h4-7,11,13H,1-3,8-9H2,(H,17,18,19). The van der Waals surface area contributed by atoms with Gasteiger partial charge in [0.15, 0.2) is 5.82 Å². The molecule has 1 aromatic heterocycles. The summed E-state index contributed by atoms with van der Waals surface area (Å²) in [6, 6.07) is 6.88. The van der Waals surface area contributed by atoms with Crippen molar-refractivity contribution in [1.29, 1.82) is 0 Å². The zero-order valence-electron chi connectivity index (χ0n) is 11.2. The van der Waals surface area contributed by atoms with Crippen LogP contribution < -0.4 is 5.32 Å². The minimum Gasteiger partial charge on any atom is -0.354 e. The van der Waals surface area contributed by atoms with Crippen LogP contribution in [0.2, 0.25) is 0 Å². The summed E-state index contributed by atoms with van der Waals surface area (Å²) in [7, 11) is 0. The highest BCUT2D eigenvalue weighted by Crippen LogP contribution is 2.37. The third-order valence-electron chi connectivity index (χ3n) is 4.37. The largest absolute Gasteiger partial charge is 0.354 e. The minimum absolute atomic E-state index is 0.160. The maximum absolute atomic E-state index is 13.1. The average molecular weight is 272 g/mol. The van der Waals surface area contributed by atoms with Crippen LogP contribution in [0.3, 0.4) is 0 Å². The highest BCUT2D eigenvalue weighted by molar-refractivity contribution is 5.33. The number of aromatic nitrogens is 3. The summed E-state index contributed by atoms with van der Waals surface area (Å²) in [6.07, 6.45) is 4.63. The van der Waals surface area contributed by atoms with Gasteiger partial charge < -0.3 is 5.32 Å². The van der Waals surface area contributed by atoms with E-state index in [2.05, 4.69) is 10.3 Å². The molecule has 0 spiro atoms. The summed E-state index contributed by atoms with van der Waals surface area (Å²) in [5.41, 5.74) is 1.10. The first kappa shape index (κ1) is 11.9. The molecular weight excluding hydrogens is 255 g/mol. The number of nitrogens with one attached hydrogen (secondary N) is 1. The average Bonchev–Trinajstić information content (AvgIpc) is 2.80. The van der Waals surface area contributed by atoms with Gasteiger partial charge in [0.1, 0.15) is 5.82 Å². The lowest BCUT2D eigenvalue weighted by Crippen LogP contribution is -2.24. The van der Waals surface area contributed by atoms with Gasteiger partial charge in [-0.15, -0.1) is 0 Å². The molecule has 0 radical (unpaired) electrons. The molecule has 1 N–H and O–H groups in total. The van der Waals surface area contributed by atoms with E-state index in [9.17, 15) is 4.39 Å². The molecule has 0 amide bonds. The van der Waals surface area contributed by atoms with E-state index in [0.29, 0.717) is 5.92 Å². The first-order valence-corrected chi connectivity index (χ1v) is 7.27. The highest BCUT2D eigenvalue weighted by atomic mass is 19.1. The zero-order valence-corrected chi connectivity index (χ0v) is 11.2. The molecule has 5 heteroatoms. The van der Waals surface area contributed by atoms with Crippen molar-refractivity contribution in [3.63, 3.8) is 0 Å². The van der Waals surface area contributed by atoms with E-state index < -0.39 is 0 Å². The minimum atomic E-state index is -0.198. The molecule has 4 nitrogen and oxygen atoms in total. The SMILES string of the molecule is Fc1ccc(C2CCNc3nc(C4CCC4)nn32)cc1. The third kappa shape index (κ3) is 1.88. The van der Waals surface area contributed by atoms with Gasteiger partial charge in [-0.1, -0.05) is 18.6 Å². The van der Waals surface area contributed by atoms with Crippen LogP contribution in [-0.2, 0) is 0 Å². The number of fused-ring (bicyclic) bond motifs is 1. The predicted molar refractivity (Wildman–Crippen MR) is 74.3 cm³/mol. The number of hydrogen-bond acceptors (Lipinski definition) is 3. The predicted octanol–water partition coefficient (Wildman–Crippen LogP) is 3.09. The summed E-state index contributed by atoms with van der Waals surface area (Å²) >= 11 is 0. The van der Waals surface area contributed by atoms with Crippen LogP contribution in [-0.4, -0.2) is 21.3 Å². The van der Waals surface area contributed by atoms with E-state index in [1.165, 1.54) is 31.4 Å². The Morgan fingerprint density at radius 3 is 2.65 bits per heavy atom. The second-order valence-corrected chi connectivity index (χ2v) is 5.65. The van der Waals surface area contributed by atoms with Gasteiger partial charge in [0, 0.05) is 12.5 Å².